The fraction of sp³-hybridized carbons (Fsp3) is 0.433. The van der Waals surface area contributed by atoms with Crippen LogP contribution in [-0.2, 0) is 22.6 Å². The molecule has 0 fully saturated rings. The van der Waals surface area contributed by atoms with E-state index < -0.39 is 56.2 Å². The van der Waals surface area contributed by atoms with Gasteiger partial charge in [0.1, 0.15) is 12.2 Å². The normalized spacial score (nSPS) is 13.2. The molecule has 234 valence electrons. The van der Waals surface area contributed by atoms with E-state index in [0.717, 1.165) is 12.1 Å². The van der Waals surface area contributed by atoms with Crippen LogP contribution < -0.4 is 15.2 Å². The van der Waals surface area contributed by atoms with Gasteiger partial charge >= 0.3 is 12.1 Å². The second-order valence-electron chi connectivity index (χ2n) is 12.1. The third kappa shape index (κ3) is 8.90. The second kappa shape index (κ2) is 12.9. The summed E-state index contributed by atoms with van der Waals surface area (Å²) in [5.74, 6) is -2.83. The maximum absolute atomic E-state index is 14.8. The van der Waals surface area contributed by atoms with Crippen molar-refractivity contribution in [2.75, 3.05) is 11.3 Å². The van der Waals surface area contributed by atoms with Gasteiger partial charge < -0.3 is 15.6 Å². The third-order valence-electron chi connectivity index (χ3n) is 6.31. The van der Waals surface area contributed by atoms with Gasteiger partial charge in [-0.25, -0.2) is 22.9 Å². The number of hydrogen-bond acceptors (Lipinski definition) is 7. The van der Waals surface area contributed by atoms with Crippen LogP contribution in [0.25, 0.3) is 11.3 Å². The van der Waals surface area contributed by atoms with Crippen LogP contribution in [0.15, 0.2) is 47.4 Å². The molecule has 0 saturated heterocycles. The molecule has 0 radical (unpaired) electrons. The van der Waals surface area contributed by atoms with E-state index in [1.807, 2.05) is 34.6 Å². The lowest BCUT2D eigenvalue weighted by atomic mass is 9.89. The number of aromatic nitrogens is 2. The van der Waals surface area contributed by atoms with Crippen LogP contribution in [0.5, 0.6) is 5.88 Å². The Labute approximate surface area is 249 Å². The monoisotopic (exact) mass is 622 g/mol. The Morgan fingerprint density at radius 2 is 1.74 bits per heavy atom. The van der Waals surface area contributed by atoms with E-state index in [2.05, 4.69) is 14.7 Å². The molecular weight excluding hydrogens is 585 g/mol. The molecule has 0 bridgehead atoms. The van der Waals surface area contributed by atoms with Gasteiger partial charge in [0, 0.05) is 11.6 Å². The van der Waals surface area contributed by atoms with Gasteiger partial charge in [-0.2, -0.15) is 18.2 Å². The van der Waals surface area contributed by atoms with E-state index in [4.69, 9.17) is 10.5 Å². The average Bonchev–Trinajstić information content (AvgIpc) is 2.85. The second-order valence-corrected chi connectivity index (χ2v) is 13.7. The fourth-order valence-electron chi connectivity index (χ4n) is 4.71. The van der Waals surface area contributed by atoms with E-state index in [1.54, 1.807) is 25.1 Å². The number of rotatable bonds is 11. The summed E-state index contributed by atoms with van der Waals surface area (Å²) in [6.07, 6.45) is -4.13. The van der Waals surface area contributed by atoms with Crippen LogP contribution in [0.3, 0.4) is 0 Å². The topological polar surface area (TPSA) is 144 Å². The highest BCUT2D eigenvalue weighted by Crippen LogP contribution is 2.44. The number of sulfonamides is 1. The van der Waals surface area contributed by atoms with Gasteiger partial charge in [-0.1, -0.05) is 58.9 Å². The Hall–Kier alpha value is -3.71. The third-order valence-corrected chi connectivity index (χ3v) is 7.63. The molecule has 0 aliphatic rings. The molecule has 0 aliphatic carbocycles. The van der Waals surface area contributed by atoms with Crippen molar-refractivity contribution in [3.8, 4) is 17.1 Å². The van der Waals surface area contributed by atoms with Crippen molar-refractivity contribution in [2.24, 2.45) is 17.1 Å². The first-order valence-corrected chi connectivity index (χ1v) is 15.1. The molecule has 9 nitrogen and oxygen atoms in total. The van der Waals surface area contributed by atoms with Crippen molar-refractivity contribution in [2.45, 2.75) is 71.5 Å². The fourth-order valence-corrected chi connectivity index (χ4v) is 5.70. The summed E-state index contributed by atoms with van der Waals surface area (Å²) >= 11 is 0. The molecule has 43 heavy (non-hydrogen) atoms. The molecule has 1 heterocycles. The van der Waals surface area contributed by atoms with E-state index in [1.165, 1.54) is 12.1 Å². The lowest BCUT2D eigenvalue weighted by molar-refractivity contribution is -0.139. The molecule has 1 atom stereocenters. The maximum atomic E-state index is 14.8. The van der Waals surface area contributed by atoms with Crippen LogP contribution in [0.1, 0.15) is 68.1 Å². The summed E-state index contributed by atoms with van der Waals surface area (Å²) in [5, 5.41) is 9.29. The number of alkyl halides is 3. The smallest absolute Gasteiger partial charge is 0.423 e. The number of halogens is 3. The first kappa shape index (κ1) is 33.8. The van der Waals surface area contributed by atoms with Crippen molar-refractivity contribution < 1.29 is 36.2 Å². The summed E-state index contributed by atoms with van der Waals surface area (Å²) in [7, 11) is -4.53. The molecule has 4 N–H and O–H groups in total. The van der Waals surface area contributed by atoms with Gasteiger partial charge in [0.15, 0.2) is 0 Å². The Morgan fingerprint density at radius 1 is 1.09 bits per heavy atom. The van der Waals surface area contributed by atoms with Crippen molar-refractivity contribution in [3.05, 3.63) is 64.7 Å². The van der Waals surface area contributed by atoms with Crippen LogP contribution >= 0.6 is 0 Å². The van der Waals surface area contributed by atoms with Gasteiger partial charge in [-0.15, -0.1) is 0 Å². The van der Waals surface area contributed by atoms with Gasteiger partial charge in [0.25, 0.3) is 10.0 Å². The Bertz CT molecular complexity index is 1590. The highest BCUT2D eigenvalue weighted by Gasteiger charge is 2.41. The molecule has 3 aromatic rings. The van der Waals surface area contributed by atoms with Gasteiger partial charge in [-0.05, 0) is 60.4 Å². The predicted octanol–water partition coefficient (Wildman–Crippen LogP) is 6.31. The summed E-state index contributed by atoms with van der Waals surface area (Å²) in [4.78, 5) is 18.9. The molecule has 1 aromatic heterocycles. The van der Waals surface area contributed by atoms with Crippen LogP contribution in [0, 0.1) is 18.3 Å². The Morgan fingerprint density at radius 3 is 2.33 bits per heavy atom. The largest absolute Gasteiger partial charge is 0.478 e. The molecule has 1 unspecified atom stereocenters. The van der Waals surface area contributed by atoms with Crippen molar-refractivity contribution in [3.63, 3.8) is 0 Å². The van der Waals surface area contributed by atoms with Crippen LogP contribution in [-0.4, -0.2) is 42.1 Å². The molecule has 3 rings (SSSR count). The maximum Gasteiger partial charge on any atom is 0.423 e. The molecule has 13 heteroatoms. The standard InChI is InChI=1S/C30H37F3N4O5S/c1-17(2)13-19-10-7-9-18(3)23(19)25-24(30(31,32)33)26(42-16-21(34)15-29(4,5)6)36-28(35-25)37-43(40,41)22-12-8-11-20(14-22)27(38)39/h7-12,14,17,21H,13,15-16,34H2,1-6H3,(H,38,39)(H,35,36,37). The SMILES string of the molecule is Cc1cccc(CC(C)C)c1-c1nc(NS(=O)(=O)c2cccc(C(=O)O)c2)nc(OCC(N)CC(C)(C)C)c1C(F)(F)F. The minimum Gasteiger partial charge on any atom is -0.478 e. The predicted molar refractivity (Wildman–Crippen MR) is 158 cm³/mol. The van der Waals surface area contributed by atoms with Gasteiger partial charge in [0.2, 0.25) is 11.8 Å². The lowest BCUT2D eigenvalue weighted by Crippen LogP contribution is -2.33. The number of benzene rings is 2. The highest BCUT2D eigenvalue weighted by atomic mass is 32.2. The van der Waals surface area contributed by atoms with E-state index in [9.17, 15) is 31.5 Å². The van der Waals surface area contributed by atoms with Gasteiger partial charge in [0.05, 0.1) is 16.2 Å². The van der Waals surface area contributed by atoms with E-state index in [0.29, 0.717) is 24.0 Å². The number of nitrogens with zero attached hydrogens (tertiary/aromatic N) is 2. The summed E-state index contributed by atoms with van der Waals surface area (Å²) in [6.45, 7) is 10.9. The van der Waals surface area contributed by atoms with Crippen molar-refractivity contribution >= 4 is 21.9 Å². The van der Waals surface area contributed by atoms with Gasteiger partial charge in [-0.3, -0.25) is 0 Å². The number of ether oxygens (including phenoxy) is 1. The Balaban J connectivity index is 2.27. The zero-order valence-electron chi connectivity index (χ0n) is 24.9. The first-order valence-electron chi connectivity index (χ1n) is 13.6. The average molecular weight is 623 g/mol. The number of carboxylic acids is 1. The zero-order chi connectivity index (χ0) is 32.3. The lowest BCUT2D eigenvalue weighted by Gasteiger charge is -2.24. The first-order chi connectivity index (χ1) is 19.8. The number of carboxylic acid groups (broad SMARTS) is 1. The molecule has 0 aliphatic heterocycles. The highest BCUT2D eigenvalue weighted by molar-refractivity contribution is 7.92. The minimum atomic E-state index is -4.98. The number of hydrogen-bond donors (Lipinski definition) is 3. The van der Waals surface area contributed by atoms with Crippen molar-refractivity contribution in [1.82, 2.24) is 9.97 Å². The van der Waals surface area contributed by atoms with Crippen molar-refractivity contribution in [1.29, 1.82) is 0 Å². The zero-order valence-corrected chi connectivity index (χ0v) is 25.7. The number of aryl methyl sites for hydroxylation is 1. The van der Waals surface area contributed by atoms with E-state index >= 15 is 0 Å². The quantitative estimate of drug-likeness (QED) is 0.226. The van der Waals surface area contributed by atoms with Crippen LogP contribution in [0.4, 0.5) is 19.1 Å². The number of nitrogens with two attached hydrogens (primary N) is 1. The molecular formula is C30H37F3N4O5S. The minimum absolute atomic E-state index is 0.0855. The van der Waals surface area contributed by atoms with E-state index in [-0.39, 0.29) is 29.1 Å². The number of carbonyl (C=O) groups is 1. The Kier molecular flexibility index (Phi) is 10.1. The summed E-state index contributed by atoms with van der Waals surface area (Å²) < 4.78 is 78.6. The summed E-state index contributed by atoms with van der Waals surface area (Å²) in [5.41, 5.74) is 5.08. The molecule has 0 saturated carbocycles. The van der Waals surface area contributed by atoms with Crippen LogP contribution in [0.2, 0.25) is 0 Å². The molecule has 0 amide bonds. The molecule has 2 aromatic carbocycles. The molecule has 0 spiro atoms. The summed E-state index contributed by atoms with van der Waals surface area (Å²) in [6, 6.07) is 8.92. The number of anilines is 1. The number of aromatic carboxylic acids is 1. The number of nitrogens with one attached hydrogen (secondary N) is 1.